The van der Waals surface area contributed by atoms with Crippen molar-refractivity contribution in [3.05, 3.63) is 64.2 Å². The second-order valence-corrected chi connectivity index (χ2v) is 11.5. The van der Waals surface area contributed by atoms with Crippen molar-refractivity contribution < 1.29 is 4.74 Å². The Morgan fingerprint density at radius 3 is 2.62 bits per heavy atom. The largest absolute Gasteiger partial charge is 0.383 e. The Balaban J connectivity index is 1.19. The lowest BCUT2D eigenvalue weighted by atomic mass is 9.90. The van der Waals surface area contributed by atoms with Crippen LogP contribution >= 0.6 is 23.2 Å². The summed E-state index contributed by atoms with van der Waals surface area (Å²) in [5.74, 6) is 1.25. The number of nitrogens with two attached hydrogens (primary N) is 1. The molecule has 206 valence electrons. The molecule has 0 radical (unpaired) electrons. The van der Waals surface area contributed by atoms with Gasteiger partial charge in [-0.3, -0.25) is 4.90 Å². The number of hydrogen-bond donors (Lipinski definition) is 2. The Hall–Kier alpha value is -3.24. The Labute approximate surface area is 241 Å². The molecule has 9 nitrogen and oxygen atoms in total. The van der Waals surface area contributed by atoms with E-state index in [2.05, 4.69) is 24.5 Å². The lowest BCUT2D eigenvalue weighted by Crippen LogP contribution is -2.45. The van der Waals surface area contributed by atoms with Crippen LogP contribution in [0.2, 0.25) is 10.0 Å². The van der Waals surface area contributed by atoms with Crippen LogP contribution in [0.1, 0.15) is 43.1 Å². The normalized spacial score (nSPS) is 20.4. The van der Waals surface area contributed by atoms with Crippen LogP contribution in [0.4, 0.5) is 5.82 Å². The molecule has 7 rings (SSSR count). The van der Waals surface area contributed by atoms with Gasteiger partial charge >= 0.3 is 0 Å². The van der Waals surface area contributed by atoms with E-state index in [9.17, 15) is 0 Å². The summed E-state index contributed by atoms with van der Waals surface area (Å²) in [6, 6.07) is 12.6. The van der Waals surface area contributed by atoms with Crippen LogP contribution in [0.3, 0.4) is 0 Å². The van der Waals surface area contributed by atoms with E-state index >= 15 is 0 Å². The van der Waals surface area contributed by atoms with E-state index in [1.54, 1.807) is 6.07 Å². The zero-order chi connectivity index (χ0) is 27.2. The van der Waals surface area contributed by atoms with Gasteiger partial charge in [-0.05, 0) is 49.4 Å². The van der Waals surface area contributed by atoms with Crippen LogP contribution in [0.25, 0.3) is 33.3 Å². The highest BCUT2D eigenvalue weighted by molar-refractivity contribution is 6.42. The van der Waals surface area contributed by atoms with Crippen LogP contribution in [-0.2, 0) is 11.2 Å². The van der Waals surface area contributed by atoms with Gasteiger partial charge in [-0.25, -0.2) is 19.6 Å². The van der Waals surface area contributed by atoms with Crippen LogP contribution in [-0.4, -0.2) is 67.0 Å². The predicted molar refractivity (Wildman–Crippen MR) is 158 cm³/mol. The number of nitrogens with one attached hydrogen (secondary N) is 1. The van der Waals surface area contributed by atoms with Crippen molar-refractivity contribution in [2.75, 3.05) is 32.0 Å². The first-order chi connectivity index (χ1) is 19.5. The average molecular weight is 578 g/mol. The number of anilines is 1. The van der Waals surface area contributed by atoms with E-state index in [1.165, 1.54) is 6.33 Å². The van der Waals surface area contributed by atoms with Crippen LogP contribution < -0.4 is 5.73 Å². The number of imidazole rings is 1. The van der Waals surface area contributed by atoms with Crippen molar-refractivity contribution in [2.45, 2.75) is 44.2 Å². The van der Waals surface area contributed by atoms with E-state index in [0.29, 0.717) is 28.3 Å². The molecule has 5 aromatic rings. The maximum atomic E-state index is 6.42. The smallest absolute Gasteiger partial charge is 0.164 e. The number of halogens is 2. The zero-order valence-electron chi connectivity index (χ0n) is 22.0. The Morgan fingerprint density at radius 1 is 1.00 bits per heavy atom. The minimum absolute atomic E-state index is 0.269. The average Bonchev–Trinajstić information content (AvgIpc) is 3.58. The van der Waals surface area contributed by atoms with Crippen molar-refractivity contribution in [1.82, 2.24) is 34.6 Å². The topological polar surface area (TPSA) is 111 Å². The molecule has 11 heteroatoms. The number of hydrogen-bond acceptors (Lipinski definition) is 7. The number of aromatic amines is 1. The van der Waals surface area contributed by atoms with E-state index in [1.807, 2.05) is 30.3 Å². The standard InChI is InChI=1S/C29H30Cl2N8O/c30-21-3-1-2-17(26(21)31)15-24-35-22-9-4-18(14-23(22)36-24)27-25-28(32)33-16-34-29(25)39(37-27)20-7-5-19(6-8-20)38-10-12-40-13-11-38/h1-4,9,14,16,19-20H,5-8,10-13,15H2,(H,35,36)(H2,32,33,34)/t19-,20-. The molecule has 1 saturated carbocycles. The third-order valence-corrected chi connectivity index (χ3v) is 9.15. The number of benzene rings is 2. The van der Waals surface area contributed by atoms with Gasteiger partial charge in [0.05, 0.1) is 45.7 Å². The zero-order valence-corrected chi connectivity index (χ0v) is 23.5. The number of rotatable bonds is 5. The molecule has 0 bridgehead atoms. The SMILES string of the molecule is Nc1ncnc2c1c(-c1ccc3[nH]c(Cc4cccc(Cl)c4Cl)nc3c1)nn2[C@H]1CC[C@H](N2CCOCC2)CC1. The molecule has 0 amide bonds. The molecule has 40 heavy (non-hydrogen) atoms. The molecular formula is C29H30Cl2N8O. The molecule has 1 aliphatic carbocycles. The van der Waals surface area contributed by atoms with Gasteiger partial charge in [-0.2, -0.15) is 5.10 Å². The summed E-state index contributed by atoms with van der Waals surface area (Å²) in [5.41, 5.74) is 11.6. The summed E-state index contributed by atoms with van der Waals surface area (Å²) in [4.78, 5) is 19.8. The molecule has 3 aromatic heterocycles. The van der Waals surface area contributed by atoms with E-state index in [4.69, 9.17) is 43.8 Å². The molecular weight excluding hydrogens is 547 g/mol. The number of ether oxygens (including phenoxy) is 1. The minimum atomic E-state index is 0.269. The molecule has 2 aliphatic rings. The molecule has 1 saturated heterocycles. The summed E-state index contributed by atoms with van der Waals surface area (Å²) >= 11 is 12.6. The monoisotopic (exact) mass is 576 g/mol. The molecule has 0 spiro atoms. The number of nitrogen functional groups attached to an aromatic ring is 1. The number of morpholine rings is 1. The molecule has 3 N–H and O–H groups in total. The van der Waals surface area contributed by atoms with Crippen LogP contribution in [0.5, 0.6) is 0 Å². The second-order valence-electron chi connectivity index (χ2n) is 10.7. The number of H-pyrrole nitrogens is 1. The maximum absolute atomic E-state index is 6.42. The predicted octanol–water partition coefficient (Wildman–Crippen LogP) is 5.67. The maximum Gasteiger partial charge on any atom is 0.164 e. The lowest BCUT2D eigenvalue weighted by Gasteiger charge is -2.38. The molecule has 2 fully saturated rings. The van der Waals surface area contributed by atoms with E-state index < -0.39 is 0 Å². The Kier molecular flexibility index (Phi) is 6.83. The Morgan fingerprint density at radius 2 is 1.80 bits per heavy atom. The van der Waals surface area contributed by atoms with Gasteiger partial charge in [0.2, 0.25) is 0 Å². The quantitative estimate of drug-likeness (QED) is 0.277. The van der Waals surface area contributed by atoms with Crippen molar-refractivity contribution in [3.8, 4) is 11.3 Å². The molecule has 0 unspecified atom stereocenters. The van der Waals surface area contributed by atoms with Gasteiger partial charge in [-0.1, -0.05) is 41.4 Å². The van der Waals surface area contributed by atoms with Gasteiger partial charge in [0.1, 0.15) is 23.7 Å². The third kappa shape index (κ3) is 4.71. The van der Waals surface area contributed by atoms with Crippen molar-refractivity contribution in [1.29, 1.82) is 0 Å². The van der Waals surface area contributed by atoms with Gasteiger partial charge in [0.15, 0.2) is 5.65 Å². The molecule has 2 aromatic carbocycles. The lowest BCUT2D eigenvalue weighted by molar-refractivity contribution is 0.00520. The van der Waals surface area contributed by atoms with Crippen LogP contribution in [0, 0.1) is 0 Å². The highest BCUT2D eigenvalue weighted by atomic mass is 35.5. The minimum Gasteiger partial charge on any atom is -0.383 e. The highest BCUT2D eigenvalue weighted by Crippen LogP contribution is 2.37. The van der Waals surface area contributed by atoms with Gasteiger partial charge < -0.3 is 15.5 Å². The first-order valence-electron chi connectivity index (χ1n) is 13.8. The van der Waals surface area contributed by atoms with Gasteiger partial charge in [0.25, 0.3) is 0 Å². The van der Waals surface area contributed by atoms with Gasteiger partial charge in [-0.15, -0.1) is 0 Å². The summed E-state index contributed by atoms with van der Waals surface area (Å²) in [6.07, 6.45) is 6.46. The first kappa shape index (κ1) is 25.7. The molecule has 4 heterocycles. The summed E-state index contributed by atoms with van der Waals surface area (Å²) in [7, 11) is 0. The fourth-order valence-electron chi connectivity index (χ4n) is 6.22. The van der Waals surface area contributed by atoms with Crippen molar-refractivity contribution in [3.63, 3.8) is 0 Å². The summed E-state index contributed by atoms with van der Waals surface area (Å²) in [6.45, 7) is 3.72. The number of fused-ring (bicyclic) bond motifs is 2. The number of nitrogens with zero attached hydrogens (tertiary/aromatic N) is 6. The Bertz CT molecular complexity index is 1680. The third-order valence-electron chi connectivity index (χ3n) is 8.29. The van der Waals surface area contributed by atoms with E-state index in [-0.39, 0.29) is 6.04 Å². The molecule has 0 atom stereocenters. The number of aromatic nitrogens is 6. The van der Waals surface area contributed by atoms with Crippen molar-refractivity contribution in [2.24, 2.45) is 0 Å². The second kappa shape index (κ2) is 10.6. The fraction of sp³-hybridized carbons (Fsp3) is 0.379. The van der Waals surface area contributed by atoms with Gasteiger partial charge in [0, 0.05) is 31.1 Å². The van der Waals surface area contributed by atoms with Crippen LogP contribution in [0.15, 0.2) is 42.7 Å². The fourth-order valence-corrected chi connectivity index (χ4v) is 6.60. The van der Waals surface area contributed by atoms with E-state index in [0.717, 1.165) is 96.7 Å². The van der Waals surface area contributed by atoms with Crippen molar-refractivity contribution >= 4 is 51.1 Å². The first-order valence-corrected chi connectivity index (χ1v) is 14.5. The molecule has 1 aliphatic heterocycles. The summed E-state index contributed by atoms with van der Waals surface area (Å²) < 4.78 is 7.63. The highest BCUT2D eigenvalue weighted by Gasteiger charge is 2.30. The summed E-state index contributed by atoms with van der Waals surface area (Å²) in [5, 5.41) is 6.99.